The molecule has 0 aliphatic carbocycles. The smallest absolute Gasteiger partial charge is 0.326 e. The highest BCUT2D eigenvalue weighted by Gasteiger charge is 2.34. The lowest BCUT2D eigenvalue weighted by Gasteiger charge is -2.28. The number of H-pyrrole nitrogens is 1. The molecule has 0 unspecified atom stereocenters. The summed E-state index contributed by atoms with van der Waals surface area (Å²) in [5.41, 5.74) is 1.07. The van der Waals surface area contributed by atoms with Crippen LogP contribution in [0.2, 0.25) is 0 Å². The summed E-state index contributed by atoms with van der Waals surface area (Å²) in [7, 11) is 0. The molecule has 0 radical (unpaired) electrons. The average Bonchev–Trinajstić information content (AvgIpc) is 3.41. The molecule has 0 spiro atoms. The SMILES string of the molecule is CC(C)[C@H](NC(=O)[C@H](CC(=O)O)NC(=O)[C@@H](NC(=O)[C@H](Cc1c[nH]c2ccccc12)NC(=O)c1cc(O)c(O)c(O)c1)C(C)C)C(=O)O. The van der Waals surface area contributed by atoms with Crippen LogP contribution in [0.1, 0.15) is 50.0 Å². The zero-order chi connectivity index (χ0) is 35.9. The summed E-state index contributed by atoms with van der Waals surface area (Å²) in [6.45, 7) is 6.22. The van der Waals surface area contributed by atoms with Gasteiger partial charge in [0.05, 0.1) is 6.42 Å². The largest absolute Gasteiger partial charge is 0.504 e. The van der Waals surface area contributed by atoms with Gasteiger partial charge in [-0.15, -0.1) is 0 Å². The predicted molar refractivity (Wildman–Crippen MR) is 170 cm³/mol. The van der Waals surface area contributed by atoms with E-state index in [1.165, 1.54) is 13.8 Å². The molecule has 4 amide bonds. The zero-order valence-corrected chi connectivity index (χ0v) is 26.6. The fourth-order valence-corrected chi connectivity index (χ4v) is 4.91. The normalized spacial score (nSPS) is 13.7. The molecule has 0 aliphatic rings. The molecule has 10 N–H and O–H groups in total. The summed E-state index contributed by atoms with van der Waals surface area (Å²) in [6.07, 6.45) is 0.658. The molecule has 4 atom stereocenters. The summed E-state index contributed by atoms with van der Waals surface area (Å²) in [5.74, 6) is -10.2. The molecular weight excluding hydrogens is 630 g/mol. The Bertz CT molecular complexity index is 1680. The zero-order valence-electron chi connectivity index (χ0n) is 26.6. The monoisotopic (exact) mass is 669 g/mol. The number of aliphatic carboxylic acids is 2. The van der Waals surface area contributed by atoms with Gasteiger partial charge in [-0.3, -0.25) is 24.0 Å². The number of carbonyl (C=O) groups is 6. The van der Waals surface area contributed by atoms with Crippen molar-refractivity contribution in [1.82, 2.24) is 26.3 Å². The van der Waals surface area contributed by atoms with E-state index in [1.54, 1.807) is 44.3 Å². The molecule has 0 aliphatic heterocycles. The third-order valence-corrected chi connectivity index (χ3v) is 7.54. The average molecular weight is 670 g/mol. The van der Waals surface area contributed by atoms with E-state index in [1.807, 2.05) is 0 Å². The predicted octanol–water partition coefficient (Wildman–Crippen LogP) is 0.952. The van der Waals surface area contributed by atoms with Crippen molar-refractivity contribution < 1.29 is 54.3 Å². The molecule has 1 heterocycles. The van der Waals surface area contributed by atoms with E-state index in [-0.39, 0.29) is 12.0 Å². The Balaban J connectivity index is 1.89. The molecule has 3 rings (SSSR count). The number of hydrogen-bond acceptors (Lipinski definition) is 9. The molecule has 0 saturated heterocycles. The van der Waals surface area contributed by atoms with Crippen LogP contribution in [0.25, 0.3) is 10.9 Å². The lowest BCUT2D eigenvalue weighted by Crippen LogP contribution is -2.59. The number of carboxylic acid groups (broad SMARTS) is 2. The maximum atomic E-state index is 13.8. The van der Waals surface area contributed by atoms with E-state index >= 15 is 0 Å². The number of benzene rings is 2. The fraction of sp³-hybridized carbons (Fsp3) is 0.375. The number of fused-ring (bicyclic) bond motifs is 1. The minimum absolute atomic E-state index is 0.0973. The summed E-state index contributed by atoms with van der Waals surface area (Å²) >= 11 is 0. The van der Waals surface area contributed by atoms with Gasteiger partial charge < -0.3 is 51.8 Å². The molecular formula is C32H39N5O11. The molecule has 1 aromatic heterocycles. The van der Waals surface area contributed by atoms with Crippen molar-refractivity contribution in [2.75, 3.05) is 0 Å². The molecule has 258 valence electrons. The van der Waals surface area contributed by atoms with Crippen LogP contribution in [0.3, 0.4) is 0 Å². The number of rotatable bonds is 15. The number of carbonyl (C=O) groups excluding carboxylic acids is 4. The van der Waals surface area contributed by atoms with Crippen molar-refractivity contribution >= 4 is 46.5 Å². The second-order valence-electron chi connectivity index (χ2n) is 11.9. The molecule has 2 aromatic carbocycles. The van der Waals surface area contributed by atoms with E-state index in [0.717, 1.165) is 23.0 Å². The number of hydrogen-bond donors (Lipinski definition) is 10. The molecule has 3 aromatic rings. The number of para-hydroxylation sites is 1. The third kappa shape index (κ3) is 9.14. The van der Waals surface area contributed by atoms with Crippen LogP contribution >= 0.6 is 0 Å². The summed E-state index contributed by atoms with van der Waals surface area (Å²) in [4.78, 5) is 79.6. The van der Waals surface area contributed by atoms with Crippen LogP contribution < -0.4 is 21.3 Å². The first-order valence-corrected chi connectivity index (χ1v) is 15.0. The van der Waals surface area contributed by atoms with Crippen molar-refractivity contribution in [1.29, 1.82) is 0 Å². The van der Waals surface area contributed by atoms with Crippen LogP contribution in [-0.4, -0.2) is 90.3 Å². The Morgan fingerprint density at radius 2 is 1.29 bits per heavy atom. The summed E-state index contributed by atoms with van der Waals surface area (Å²) in [5, 5.41) is 58.6. The van der Waals surface area contributed by atoms with Gasteiger partial charge >= 0.3 is 11.9 Å². The molecule has 16 heteroatoms. The van der Waals surface area contributed by atoms with Gasteiger partial charge in [0.1, 0.15) is 24.2 Å². The van der Waals surface area contributed by atoms with Crippen LogP contribution in [0.4, 0.5) is 0 Å². The lowest BCUT2D eigenvalue weighted by atomic mass is 9.99. The number of amides is 4. The third-order valence-electron chi connectivity index (χ3n) is 7.54. The fourth-order valence-electron chi connectivity index (χ4n) is 4.91. The molecule has 48 heavy (non-hydrogen) atoms. The van der Waals surface area contributed by atoms with Crippen molar-refractivity contribution in [2.45, 2.75) is 64.7 Å². The number of aromatic nitrogens is 1. The number of nitrogens with one attached hydrogen (secondary N) is 5. The van der Waals surface area contributed by atoms with Gasteiger partial charge in [0.2, 0.25) is 17.7 Å². The highest BCUT2D eigenvalue weighted by Crippen LogP contribution is 2.35. The minimum Gasteiger partial charge on any atom is -0.504 e. The van der Waals surface area contributed by atoms with Gasteiger partial charge in [0.15, 0.2) is 17.2 Å². The van der Waals surface area contributed by atoms with Gasteiger partial charge in [-0.1, -0.05) is 45.9 Å². The maximum Gasteiger partial charge on any atom is 0.326 e. The molecule has 0 saturated carbocycles. The molecule has 16 nitrogen and oxygen atoms in total. The summed E-state index contributed by atoms with van der Waals surface area (Å²) < 4.78 is 0. The number of aromatic hydroxyl groups is 3. The topological polar surface area (TPSA) is 267 Å². The Labute approximate surface area is 274 Å². The van der Waals surface area contributed by atoms with Crippen molar-refractivity contribution in [3.8, 4) is 17.2 Å². The minimum atomic E-state index is -1.69. The highest BCUT2D eigenvalue weighted by molar-refractivity contribution is 6.00. The van der Waals surface area contributed by atoms with Gasteiger partial charge in [-0.2, -0.15) is 0 Å². The van der Waals surface area contributed by atoms with Gasteiger partial charge in [-0.25, -0.2) is 4.79 Å². The standard InChI is InChI=1S/C32H39N5O11/c1-14(2)25(31(46)35-21(12-24(40)41)30(45)37-26(15(3)4)32(47)48)36-29(44)20(9-17-13-33-19-8-6-5-7-18(17)19)34-28(43)16-10-22(38)27(42)23(39)11-16/h5-8,10-11,13-15,20-21,25-26,33,38-39,42H,9,12H2,1-4H3,(H,34,43)(H,35,46)(H,36,44)(H,37,45)(H,40,41)(H,47,48)/t20-,21-,25-,26-/m0/s1. The number of carboxylic acids is 2. The quantitative estimate of drug-likeness (QED) is 0.102. The summed E-state index contributed by atoms with van der Waals surface area (Å²) in [6, 6.07) is 3.18. The number of phenolic OH excluding ortho intramolecular Hbond substituents is 3. The van der Waals surface area contributed by atoms with Crippen LogP contribution in [0.5, 0.6) is 17.2 Å². The molecule has 0 fully saturated rings. The number of aromatic amines is 1. The second-order valence-corrected chi connectivity index (χ2v) is 11.9. The van der Waals surface area contributed by atoms with Gasteiger partial charge in [-0.05, 0) is 35.6 Å². The van der Waals surface area contributed by atoms with Crippen molar-refractivity contribution in [2.24, 2.45) is 11.8 Å². The lowest BCUT2D eigenvalue weighted by molar-refractivity contribution is -0.144. The van der Waals surface area contributed by atoms with Gasteiger partial charge in [0.25, 0.3) is 5.91 Å². The number of phenols is 3. The van der Waals surface area contributed by atoms with Gasteiger partial charge in [0, 0.05) is 29.1 Å². The van der Waals surface area contributed by atoms with Crippen molar-refractivity contribution in [3.05, 3.63) is 53.7 Å². The highest BCUT2D eigenvalue weighted by atomic mass is 16.4. The first kappa shape index (κ1) is 36.7. The Morgan fingerprint density at radius 1 is 0.729 bits per heavy atom. The van der Waals surface area contributed by atoms with E-state index in [0.29, 0.717) is 5.56 Å². The van der Waals surface area contributed by atoms with E-state index < -0.39 is 95.2 Å². The van der Waals surface area contributed by atoms with Crippen molar-refractivity contribution in [3.63, 3.8) is 0 Å². The Kier molecular flexibility index (Phi) is 12.0. The molecule has 0 bridgehead atoms. The van der Waals surface area contributed by atoms with E-state index in [9.17, 15) is 54.3 Å². The van der Waals surface area contributed by atoms with Crippen LogP contribution in [-0.2, 0) is 30.4 Å². The maximum absolute atomic E-state index is 13.8. The first-order chi connectivity index (χ1) is 22.5. The second kappa shape index (κ2) is 15.7. The van der Waals surface area contributed by atoms with E-state index in [4.69, 9.17) is 0 Å². The Hall–Kier alpha value is -5.80. The van der Waals surface area contributed by atoms with Crippen LogP contribution in [0.15, 0.2) is 42.6 Å². The van der Waals surface area contributed by atoms with E-state index in [2.05, 4.69) is 26.3 Å². The first-order valence-electron chi connectivity index (χ1n) is 15.0. The Morgan fingerprint density at radius 3 is 1.85 bits per heavy atom. The van der Waals surface area contributed by atoms with Crippen LogP contribution in [0, 0.1) is 11.8 Å².